The molecule has 82 valence electrons. The summed E-state index contributed by atoms with van der Waals surface area (Å²) in [7, 11) is 0. The van der Waals surface area contributed by atoms with E-state index in [1.54, 1.807) is 0 Å². The highest BCUT2D eigenvalue weighted by Gasteiger charge is 2.35. The quantitative estimate of drug-likeness (QED) is 0.762. The van der Waals surface area contributed by atoms with Gasteiger partial charge in [0.1, 0.15) is 0 Å². The molecule has 0 bridgehead atoms. The predicted molar refractivity (Wildman–Crippen MR) is 52.9 cm³/mol. The van der Waals surface area contributed by atoms with Crippen LogP contribution in [0.3, 0.4) is 0 Å². The van der Waals surface area contributed by atoms with E-state index in [4.69, 9.17) is 10.2 Å². The minimum atomic E-state index is -0.00954. The number of hydrogen-bond acceptors (Lipinski definition) is 5. The van der Waals surface area contributed by atoms with Crippen LogP contribution in [-0.2, 0) is 4.79 Å². The van der Waals surface area contributed by atoms with Crippen LogP contribution in [0.25, 0.3) is 0 Å². The van der Waals surface area contributed by atoms with E-state index < -0.39 is 0 Å². The molecule has 15 heavy (non-hydrogen) atoms. The molecule has 1 fully saturated rings. The maximum absolute atomic E-state index is 11.6. The Balaban J connectivity index is 2.12. The third-order valence-electron chi connectivity index (χ3n) is 2.59. The molecule has 0 radical (unpaired) electrons. The number of carbonyl (C=O) groups is 1. The molecular formula is C9H14N4O2. The van der Waals surface area contributed by atoms with E-state index in [0.29, 0.717) is 18.9 Å². The average molecular weight is 210 g/mol. The van der Waals surface area contributed by atoms with Crippen LogP contribution in [0.15, 0.2) is 4.42 Å². The number of nitrogens with zero attached hydrogens (tertiary/aromatic N) is 3. The van der Waals surface area contributed by atoms with Crippen LogP contribution in [-0.4, -0.2) is 33.6 Å². The number of aromatic nitrogens is 2. The van der Waals surface area contributed by atoms with E-state index in [9.17, 15) is 4.79 Å². The number of hydrogen-bond donors (Lipinski definition) is 1. The fourth-order valence-corrected chi connectivity index (χ4v) is 1.81. The molecule has 1 aliphatic rings. The highest BCUT2D eigenvalue weighted by Crippen LogP contribution is 2.28. The highest BCUT2D eigenvalue weighted by atomic mass is 16.4. The smallest absolute Gasteiger partial charge is 0.312 e. The van der Waals surface area contributed by atoms with Gasteiger partial charge in [0, 0.05) is 19.0 Å². The Morgan fingerprint density at radius 3 is 2.73 bits per heavy atom. The molecule has 1 aromatic rings. The summed E-state index contributed by atoms with van der Waals surface area (Å²) in [4.78, 5) is 13.4. The summed E-state index contributed by atoms with van der Waals surface area (Å²) in [5, 5.41) is 7.39. The van der Waals surface area contributed by atoms with E-state index in [-0.39, 0.29) is 23.9 Å². The van der Waals surface area contributed by atoms with Crippen LogP contribution in [0.4, 0.5) is 6.01 Å². The second kappa shape index (κ2) is 3.52. The van der Waals surface area contributed by atoms with Crippen molar-refractivity contribution in [3.8, 4) is 0 Å². The van der Waals surface area contributed by atoms with Crippen LogP contribution < -0.4 is 5.73 Å². The Morgan fingerprint density at radius 1 is 1.53 bits per heavy atom. The lowest BCUT2D eigenvalue weighted by Gasteiger charge is -2.20. The third kappa shape index (κ3) is 1.79. The minimum absolute atomic E-state index is 0.00954. The molecule has 2 rings (SSSR count). The van der Waals surface area contributed by atoms with Gasteiger partial charge in [0.25, 0.3) is 0 Å². The van der Waals surface area contributed by atoms with E-state index in [0.717, 1.165) is 0 Å². The Hall–Kier alpha value is -1.59. The normalized spacial score (nSPS) is 21.7. The molecule has 0 spiro atoms. The SMILES string of the molecule is CC(C)N1CC(c2nnc(N)o2)CC1=O. The third-order valence-corrected chi connectivity index (χ3v) is 2.59. The molecule has 1 unspecified atom stereocenters. The first-order valence-corrected chi connectivity index (χ1v) is 4.96. The van der Waals surface area contributed by atoms with Crippen molar-refractivity contribution in [3.05, 3.63) is 5.89 Å². The lowest BCUT2D eigenvalue weighted by Crippen LogP contribution is -2.31. The number of amides is 1. The summed E-state index contributed by atoms with van der Waals surface area (Å²) < 4.78 is 5.12. The summed E-state index contributed by atoms with van der Waals surface area (Å²) in [6.45, 7) is 4.61. The van der Waals surface area contributed by atoms with E-state index in [1.165, 1.54) is 0 Å². The second-order valence-electron chi connectivity index (χ2n) is 4.02. The second-order valence-corrected chi connectivity index (χ2v) is 4.02. The van der Waals surface area contributed by atoms with Crippen molar-refractivity contribution in [2.45, 2.75) is 32.2 Å². The standard InChI is InChI=1S/C9H14N4O2/c1-5(2)13-4-6(3-7(13)14)8-11-12-9(10)15-8/h5-6H,3-4H2,1-2H3,(H2,10,12). The van der Waals surface area contributed by atoms with Gasteiger partial charge in [-0.25, -0.2) is 0 Å². The van der Waals surface area contributed by atoms with Crippen molar-refractivity contribution in [2.75, 3.05) is 12.3 Å². The number of likely N-dealkylation sites (tertiary alicyclic amines) is 1. The first-order valence-electron chi connectivity index (χ1n) is 4.96. The fourth-order valence-electron chi connectivity index (χ4n) is 1.81. The zero-order chi connectivity index (χ0) is 11.0. The average Bonchev–Trinajstić information content (AvgIpc) is 2.71. The van der Waals surface area contributed by atoms with Gasteiger partial charge in [0.15, 0.2) is 0 Å². The molecule has 0 aliphatic carbocycles. The summed E-state index contributed by atoms with van der Waals surface area (Å²) in [6, 6.07) is 0.267. The van der Waals surface area contributed by atoms with Gasteiger partial charge in [-0.05, 0) is 13.8 Å². The van der Waals surface area contributed by atoms with Crippen molar-refractivity contribution >= 4 is 11.9 Å². The van der Waals surface area contributed by atoms with Crippen LogP contribution in [0.1, 0.15) is 32.1 Å². The molecule has 2 N–H and O–H groups in total. The molecule has 0 aromatic carbocycles. The van der Waals surface area contributed by atoms with Crippen molar-refractivity contribution in [1.82, 2.24) is 15.1 Å². The van der Waals surface area contributed by atoms with Crippen LogP contribution >= 0.6 is 0 Å². The van der Waals surface area contributed by atoms with E-state index in [1.807, 2.05) is 18.7 Å². The van der Waals surface area contributed by atoms with Gasteiger partial charge in [-0.1, -0.05) is 5.10 Å². The Morgan fingerprint density at radius 2 is 2.27 bits per heavy atom. The molecule has 1 amide bonds. The summed E-state index contributed by atoms with van der Waals surface area (Å²) in [5.41, 5.74) is 5.34. The minimum Gasteiger partial charge on any atom is -0.408 e. The topological polar surface area (TPSA) is 85.2 Å². The molecular weight excluding hydrogens is 196 g/mol. The largest absolute Gasteiger partial charge is 0.408 e. The molecule has 1 aliphatic heterocycles. The molecule has 1 aromatic heterocycles. The number of carbonyl (C=O) groups excluding carboxylic acids is 1. The number of anilines is 1. The first kappa shape index (κ1) is 9.95. The van der Waals surface area contributed by atoms with Crippen molar-refractivity contribution < 1.29 is 9.21 Å². The zero-order valence-electron chi connectivity index (χ0n) is 8.80. The maximum Gasteiger partial charge on any atom is 0.312 e. The van der Waals surface area contributed by atoms with Gasteiger partial charge in [0.2, 0.25) is 11.8 Å². The summed E-state index contributed by atoms with van der Waals surface area (Å²) in [6.07, 6.45) is 0.430. The van der Waals surface area contributed by atoms with Crippen LogP contribution in [0, 0.1) is 0 Å². The lowest BCUT2D eigenvalue weighted by molar-refractivity contribution is -0.129. The highest BCUT2D eigenvalue weighted by molar-refractivity contribution is 5.79. The molecule has 2 heterocycles. The molecule has 6 nitrogen and oxygen atoms in total. The Kier molecular flexibility index (Phi) is 2.34. The predicted octanol–water partition coefficient (Wildman–Crippen LogP) is 0.376. The summed E-state index contributed by atoms with van der Waals surface area (Å²) in [5.74, 6) is 0.584. The van der Waals surface area contributed by atoms with Gasteiger partial charge in [-0.2, -0.15) is 0 Å². The van der Waals surface area contributed by atoms with Gasteiger partial charge in [-0.15, -0.1) is 5.10 Å². The summed E-state index contributed by atoms with van der Waals surface area (Å²) >= 11 is 0. The van der Waals surface area contributed by atoms with Gasteiger partial charge < -0.3 is 15.1 Å². The molecule has 1 atom stereocenters. The zero-order valence-corrected chi connectivity index (χ0v) is 8.80. The Bertz CT molecular complexity index is 374. The van der Waals surface area contributed by atoms with Crippen molar-refractivity contribution in [3.63, 3.8) is 0 Å². The number of nitrogens with two attached hydrogens (primary N) is 1. The first-order chi connectivity index (χ1) is 7.08. The van der Waals surface area contributed by atoms with Crippen LogP contribution in [0.2, 0.25) is 0 Å². The number of rotatable bonds is 2. The van der Waals surface area contributed by atoms with Gasteiger partial charge in [-0.3, -0.25) is 4.79 Å². The van der Waals surface area contributed by atoms with Crippen molar-refractivity contribution in [1.29, 1.82) is 0 Å². The van der Waals surface area contributed by atoms with E-state index >= 15 is 0 Å². The molecule has 6 heteroatoms. The fraction of sp³-hybridized carbons (Fsp3) is 0.667. The molecule has 0 saturated carbocycles. The lowest BCUT2D eigenvalue weighted by atomic mass is 10.1. The van der Waals surface area contributed by atoms with E-state index in [2.05, 4.69) is 10.2 Å². The van der Waals surface area contributed by atoms with Gasteiger partial charge >= 0.3 is 6.01 Å². The maximum atomic E-state index is 11.6. The molecule has 1 saturated heterocycles. The Labute approximate surface area is 87.4 Å². The van der Waals surface area contributed by atoms with Crippen molar-refractivity contribution in [2.24, 2.45) is 0 Å². The number of nitrogen functional groups attached to an aromatic ring is 1. The monoisotopic (exact) mass is 210 g/mol. The van der Waals surface area contributed by atoms with Gasteiger partial charge in [0.05, 0.1) is 5.92 Å². The van der Waals surface area contributed by atoms with Crippen LogP contribution in [0.5, 0.6) is 0 Å².